The molecular formula is C13H18N2OS. The molecule has 92 valence electrons. The van der Waals surface area contributed by atoms with Crippen molar-refractivity contribution in [2.75, 3.05) is 14.2 Å². The second-order valence-corrected chi connectivity index (χ2v) is 4.81. The molecule has 0 aliphatic heterocycles. The fraction of sp³-hybridized carbons (Fsp3) is 0.462. The third kappa shape index (κ3) is 3.60. The maximum Gasteiger partial charge on any atom is 0.169 e. The van der Waals surface area contributed by atoms with Crippen molar-refractivity contribution >= 4 is 17.3 Å². The van der Waals surface area contributed by atoms with Crippen molar-refractivity contribution in [2.45, 2.75) is 25.4 Å². The lowest BCUT2D eigenvalue weighted by Gasteiger charge is -2.21. The highest BCUT2D eigenvalue weighted by Crippen LogP contribution is 2.19. The number of hydrogen-bond acceptors (Lipinski definition) is 2. The lowest BCUT2D eigenvalue weighted by atomic mass is 10.2. The highest BCUT2D eigenvalue weighted by Gasteiger charge is 2.22. The monoisotopic (exact) mass is 250 g/mol. The summed E-state index contributed by atoms with van der Waals surface area (Å²) in [6, 6.07) is 8.69. The molecule has 17 heavy (non-hydrogen) atoms. The van der Waals surface area contributed by atoms with Crippen LogP contribution in [0.25, 0.3) is 0 Å². The molecule has 4 heteroatoms. The minimum absolute atomic E-state index is 0.612. The Hall–Kier alpha value is -1.29. The Bertz CT molecular complexity index is 387. The number of thiocarbonyl (C=S) groups is 1. The number of methoxy groups -OCH3 is 1. The second kappa shape index (κ2) is 5.36. The third-order valence-electron chi connectivity index (χ3n) is 2.83. The van der Waals surface area contributed by atoms with Crippen molar-refractivity contribution in [3.63, 3.8) is 0 Å². The number of ether oxygens (including phenoxy) is 1. The van der Waals surface area contributed by atoms with Crippen LogP contribution in [0.15, 0.2) is 24.3 Å². The first-order valence-electron chi connectivity index (χ1n) is 5.83. The van der Waals surface area contributed by atoms with E-state index < -0.39 is 0 Å². The number of rotatable bonds is 4. The standard InChI is InChI=1S/C13H18N2OS/c1-15(13(17)14-11-5-6-11)9-10-3-7-12(16-2)8-4-10/h3-4,7-8,11H,5-6,9H2,1-2H3,(H,14,17). The number of nitrogens with one attached hydrogen (secondary N) is 1. The molecule has 2 rings (SSSR count). The van der Waals surface area contributed by atoms with Gasteiger partial charge in [-0.2, -0.15) is 0 Å². The van der Waals surface area contributed by atoms with Crippen LogP contribution in [0.5, 0.6) is 5.75 Å². The van der Waals surface area contributed by atoms with E-state index in [2.05, 4.69) is 22.3 Å². The van der Waals surface area contributed by atoms with Gasteiger partial charge in [0, 0.05) is 19.6 Å². The van der Waals surface area contributed by atoms with E-state index in [0.717, 1.165) is 17.4 Å². The molecule has 0 bridgehead atoms. The van der Waals surface area contributed by atoms with Crippen molar-refractivity contribution in [3.05, 3.63) is 29.8 Å². The van der Waals surface area contributed by atoms with E-state index in [9.17, 15) is 0 Å². The molecule has 1 aromatic carbocycles. The van der Waals surface area contributed by atoms with Crippen LogP contribution >= 0.6 is 12.2 Å². The van der Waals surface area contributed by atoms with Gasteiger partial charge in [0.05, 0.1) is 7.11 Å². The Kier molecular flexibility index (Phi) is 3.84. The second-order valence-electron chi connectivity index (χ2n) is 4.43. The van der Waals surface area contributed by atoms with Crippen LogP contribution in [0.4, 0.5) is 0 Å². The minimum atomic E-state index is 0.612. The van der Waals surface area contributed by atoms with Gasteiger partial charge in [0.25, 0.3) is 0 Å². The largest absolute Gasteiger partial charge is 0.497 e. The van der Waals surface area contributed by atoms with Crippen molar-refractivity contribution in [2.24, 2.45) is 0 Å². The predicted octanol–water partition coefficient (Wildman–Crippen LogP) is 2.16. The molecule has 0 radical (unpaired) electrons. The first kappa shape index (κ1) is 12.2. The Morgan fingerprint density at radius 1 is 1.41 bits per heavy atom. The number of hydrogen-bond donors (Lipinski definition) is 1. The smallest absolute Gasteiger partial charge is 0.169 e. The maximum absolute atomic E-state index is 5.33. The molecule has 0 saturated heterocycles. The molecule has 1 fully saturated rings. The summed E-state index contributed by atoms with van der Waals surface area (Å²) in [7, 11) is 3.69. The molecule has 0 atom stereocenters. The van der Waals surface area contributed by atoms with Crippen molar-refractivity contribution in [1.29, 1.82) is 0 Å². The number of nitrogens with zero attached hydrogens (tertiary/aromatic N) is 1. The fourth-order valence-electron chi connectivity index (χ4n) is 1.59. The van der Waals surface area contributed by atoms with Crippen LogP contribution in [0, 0.1) is 0 Å². The zero-order valence-electron chi connectivity index (χ0n) is 10.3. The van der Waals surface area contributed by atoms with E-state index in [4.69, 9.17) is 17.0 Å². The van der Waals surface area contributed by atoms with Crippen LogP contribution in [-0.2, 0) is 6.54 Å². The first-order chi connectivity index (χ1) is 8.19. The average Bonchev–Trinajstić information content (AvgIpc) is 3.14. The van der Waals surface area contributed by atoms with Gasteiger partial charge in [0.2, 0.25) is 0 Å². The van der Waals surface area contributed by atoms with Gasteiger partial charge < -0.3 is 15.0 Å². The summed E-state index contributed by atoms with van der Waals surface area (Å²) in [4.78, 5) is 2.06. The molecule has 0 unspecified atom stereocenters. The van der Waals surface area contributed by atoms with Gasteiger partial charge in [-0.1, -0.05) is 12.1 Å². The molecule has 0 amide bonds. The summed E-state index contributed by atoms with van der Waals surface area (Å²) in [5, 5.41) is 4.17. The highest BCUT2D eigenvalue weighted by molar-refractivity contribution is 7.80. The Morgan fingerprint density at radius 2 is 2.06 bits per heavy atom. The summed E-state index contributed by atoms with van der Waals surface area (Å²) >= 11 is 5.33. The highest BCUT2D eigenvalue weighted by atomic mass is 32.1. The fourth-order valence-corrected chi connectivity index (χ4v) is 1.82. The van der Waals surface area contributed by atoms with E-state index in [1.54, 1.807) is 7.11 Å². The molecule has 1 N–H and O–H groups in total. The van der Waals surface area contributed by atoms with Gasteiger partial charge in [0.15, 0.2) is 5.11 Å². The van der Waals surface area contributed by atoms with E-state index in [1.165, 1.54) is 18.4 Å². The predicted molar refractivity (Wildman–Crippen MR) is 73.2 cm³/mol. The molecule has 0 aromatic heterocycles. The molecule has 1 saturated carbocycles. The normalized spacial score (nSPS) is 14.2. The topological polar surface area (TPSA) is 24.5 Å². The van der Waals surface area contributed by atoms with Gasteiger partial charge in [-0.15, -0.1) is 0 Å². The molecular weight excluding hydrogens is 232 g/mol. The Labute approximate surface area is 108 Å². The van der Waals surface area contributed by atoms with Crippen LogP contribution in [-0.4, -0.2) is 30.2 Å². The van der Waals surface area contributed by atoms with Crippen molar-refractivity contribution in [1.82, 2.24) is 10.2 Å². The van der Waals surface area contributed by atoms with Gasteiger partial charge in [-0.3, -0.25) is 0 Å². The van der Waals surface area contributed by atoms with Crippen LogP contribution in [0.3, 0.4) is 0 Å². The van der Waals surface area contributed by atoms with Gasteiger partial charge >= 0.3 is 0 Å². The zero-order chi connectivity index (χ0) is 12.3. The van der Waals surface area contributed by atoms with E-state index >= 15 is 0 Å². The van der Waals surface area contributed by atoms with Crippen LogP contribution in [0.2, 0.25) is 0 Å². The van der Waals surface area contributed by atoms with Crippen molar-refractivity contribution < 1.29 is 4.74 Å². The minimum Gasteiger partial charge on any atom is -0.497 e. The summed E-state index contributed by atoms with van der Waals surface area (Å²) in [6.07, 6.45) is 2.49. The zero-order valence-corrected chi connectivity index (χ0v) is 11.1. The summed E-state index contributed by atoms with van der Waals surface area (Å²) in [5.74, 6) is 0.884. The SMILES string of the molecule is COc1ccc(CN(C)C(=S)NC2CC2)cc1. The lowest BCUT2D eigenvalue weighted by Crippen LogP contribution is -2.37. The molecule has 0 spiro atoms. The third-order valence-corrected chi connectivity index (χ3v) is 3.26. The molecule has 3 nitrogen and oxygen atoms in total. The first-order valence-corrected chi connectivity index (χ1v) is 6.24. The molecule has 1 aliphatic rings. The maximum atomic E-state index is 5.33. The van der Waals surface area contributed by atoms with E-state index in [1.807, 2.05) is 19.2 Å². The summed E-state index contributed by atoms with van der Waals surface area (Å²) in [6.45, 7) is 0.822. The number of benzene rings is 1. The van der Waals surface area contributed by atoms with Crippen LogP contribution < -0.4 is 10.1 Å². The molecule has 0 heterocycles. The quantitative estimate of drug-likeness (QED) is 0.828. The summed E-state index contributed by atoms with van der Waals surface area (Å²) < 4.78 is 5.13. The average molecular weight is 250 g/mol. The van der Waals surface area contributed by atoms with E-state index in [-0.39, 0.29) is 0 Å². The van der Waals surface area contributed by atoms with Crippen LogP contribution in [0.1, 0.15) is 18.4 Å². The molecule has 1 aromatic rings. The summed E-state index contributed by atoms with van der Waals surface area (Å²) in [5.41, 5.74) is 1.23. The van der Waals surface area contributed by atoms with Gasteiger partial charge in [-0.25, -0.2) is 0 Å². The van der Waals surface area contributed by atoms with Gasteiger partial charge in [0.1, 0.15) is 5.75 Å². The Morgan fingerprint density at radius 3 is 2.59 bits per heavy atom. The van der Waals surface area contributed by atoms with Crippen molar-refractivity contribution in [3.8, 4) is 5.75 Å². The van der Waals surface area contributed by atoms with E-state index in [0.29, 0.717) is 6.04 Å². The van der Waals surface area contributed by atoms with Gasteiger partial charge in [-0.05, 0) is 42.8 Å². The molecule has 1 aliphatic carbocycles. The Balaban J connectivity index is 1.87. The lowest BCUT2D eigenvalue weighted by molar-refractivity contribution is 0.414.